The molecule has 0 aliphatic carbocycles. The smallest absolute Gasteiger partial charge is 0.246 e. The van der Waals surface area contributed by atoms with Crippen LogP contribution in [0.1, 0.15) is 6.42 Å². The van der Waals surface area contributed by atoms with E-state index in [0.29, 0.717) is 25.7 Å². The second-order valence-electron chi connectivity index (χ2n) is 5.86. The highest BCUT2D eigenvalue weighted by Gasteiger charge is 2.34. The molecule has 9 heteroatoms. The molecule has 2 heterocycles. The van der Waals surface area contributed by atoms with Crippen molar-refractivity contribution in [3.05, 3.63) is 29.8 Å². The average molecular weight is 360 g/mol. The van der Waals surface area contributed by atoms with Crippen LogP contribution in [0.3, 0.4) is 0 Å². The van der Waals surface area contributed by atoms with E-state index in [1.807, 2.05) is 0 Å². The second kappa shape index (κ2) is 6.73. The summed E-state index contributed by atoms with van der Waals surface area (Å²) < 4.78 is 58.1. The first-order valence-electron chi connectivity index (χ1n) is 7.71. The third-order valence-corrected chi connectivity index (χ3v) is 6.27. The highest BCUT2D eigenvalue weighted by Crippen LogP contribution is 2.23. The average Bonchev–Trinajstić information content (AvgIpc) is 3.08. The van der Waals surface area contributed by atoms with Crippen LogP contribution in [-0.4, -0.2) is 62.9 Å². The Morgan fingerprint density at radius 1 is 1.17 bits per heavy atom. The van der Waals surface area contributed by atoms with Gasteiger partial charge in [-0.25, -0.2) is 17.2 Å². The van der Waals surface area contributed by atoms with Gasteiger partial charge >= 0.3 is 0 Å². The minimum Gasteiger partial charge on any atom is -0.381 e. The van der Waals surface area contributed by atoms with E-state index in [0.717, 1.165) is 16.4 Å². The van der Waals surface area contributed by atoms with E-state index in [9.17, 15) is 22.0 Å². The lowest BCUT2D eigenvalue weighted by Gasteiger charge is -2.35. The van der Waals surface area contributed by atoms with E-state index in [4.69, 9.17) is 4.74 Å². The number of amides is 1. The van der Waals surface area contributed by atoms with Gasteiger partial charge in [0, 0.05) is 38.9 Å². The fourth-order valence-corrected chi connectivity index (χ4v) is 4.43. The standard InChI is InChI=1S/C15H18F2N2O4S/c16-12-1-2-14(13(17)9-12)24(21,22)19-6-4-18(5-7-19)15(20)11-3-8-23-10-11/h1-2,9,11H,3-8,10H2. The van der Waals surface area contributed by atoms with E-state index >= 15 is 0 Å². The monoisotopic (exact) mass is 360 g/mol. The first kappa shape index (κ1) is 17.2. The van der Waals surface area contributed by atoms with E-state index < -0.39 is 26.6 Å². The number of benzene rings is 1. The van der Waals surface area contributed by atoms with Crippen LogP contribution in [0.25, 0.3) is 0 Å². The molecule has 24 heavy (non-hydrogen) atoms. The number of ether oxygens (including phenoxy) is 1. The third kappa shape index (κ3) is 3.28. The molecule has 0 aromatic heterocycles. The van der Waals surface area contributed by atoms with Crippen molar-refractivity contribution in [3.63, 3.8) is 0 Å². The summed E-state index contributed by atoms with van der Waals surface area (Å²) in [5.74, 6) is -2.14. The summed E-state index contributed by atoms with van der Waals surface area (Å²) in [5.41, 5.74) is 0. The molecule has 1 amide bonds. The van der Waals surface area contributed by atoms with Gasteiger partial charge < -0.3 is 9.64 Å². The van der Waals surface area contributed by atoms with Crippen LogP contribution in [0.2, 0.25) is 0 Å². The molecule has 6 nitrogen and oxygen atoms in total. The molecule has 3 rings (SSSR count). The Kier molecular flexibility index (Phi) is 4.84. The predicted octanol–water partition coefficient (Wildman–Crippen LogP) is 0.834. The van der Waals surface area contributed by atoms with Crippen molar-refractivity contribution in [2.75, 3.05) is 39.4 Å². The molecule has 0 N–H and O–H groups in total. The molecule has 0 radical (unpaired) electrons. The van der Waals surface area contributed by atoms with Crippen LogP contribution >= 0.6 is 0 Å². The van der Waals surface area contributed by atoms with Crippen LogP contribution in [0.5, 0.6) is 0 Å². The molecular formula is C15H18F2N2O4S. The number of hydrogen-bond acceptors (Lipinski definition) is 4. The number of carbonyl (C=O) groups is 1. The van der Waals surface area contributed by atoms with Gasteiger partial charge in [-0.15, -0.1) is 0 Å². The molecule has 132 valence electrons. The summed E-state index contributed by atoms with van der Waals surface area (Å²) in [4.78, 5) is 13.4. The fraction of sp³-hybridized carbons (Fsp3) is 0.533. The first-order valence-corrected chi connectivity index (χ1v) is 9.15. The molecule has 0 spiro atoms. The number of rotatable bonds is 3. The highest BCUT2D eigenvalue weighted by molar-refractivity contribution is 7.89. The van der Waals surface area contributed by atoms with Crippen molar-refractivity contribution in [2.24, 2.45) is 5.92 Å². The normalized spacial score (nSPS) is 22.8. The molecule has 1 aromatic carbocycles. The van der Waals surface area contributed by atoms with Gasteiger partial charge in [0.25, 0.3) is 0 Å². The first-order chi connectivity index (χ1) is 11.4. The molecule has 2 fully saturated rings. The molecule has 1 aromatic rings. The highest BCUT2D eigenvalue weighted by atomic mass is 32.2. The van der Waals surface area contributed by atoms with Crippen molar-refractivity contribution < 1.29 is 26.7 Å². The number of nitrogens with zero attached hydrogens (tertiary/aromatic N) is 2. The summed E-state index contributed by atoms with van der Waals surface area (Å²) >= 11 is 0. The Bertz CT molecular complexity index is 727. The third-order valence-electron chi connectivity index (χ3n) is 4.34. The number of hydrogen-bond donors (Lipinski definition) is 0. The number of carbonyl (C=O) groups excluding carboxylic acids is 1. The molecule has 2 aliphatic rings. The molecule has 0 bridgehead atoms. The van der Waals surface area contributed by atoms with Gasteiger partial charge in [-0.05, 0) is 18.6 Å². The van der Waals surface area contributed by atoms with E-state index in [1.54, 1.807) is 4.90 Å². The van der Waals surface area contributed by atoms with Crippen LogP contribution < -0.4 is 0 Å². The zero-order valence-corrected chi connectivity index (χ0v) is 13.8. The van der Waals surface area contributed by atoms with Gasteiger partial charge in [0.05, 0.1) is 12.5 Å². The molecule has 1 atom stereocenters. The van der Waals surface area contributed by atoms with Gasteiger partial charge in [0.2, 0.25) is 15.9 Å². The summed E-state index contributed by atoms with van der Waals surface area (Å²) in [5, 5.41) is 0. The van der Waals surface area contributed by atoms with Crippen molar-refractivity contribution in [1.82, 2.24) is 9.21 Å². The van der Waals surface area contributed by atoms with Gasteiger partial charge in [0.15, 0.2) is 0 Å². The predicted molar refractivity (Wildman–Crippen MR) is 80.6 cm³/mol. The van der Waals surface area contributed by atoms with Gasteiger partial charge in [-0.3, -0.25) is 4.79 Å². The quantitative estimate of drug-likeness (QED) is 0.801. The van der Waals surface area contributed by atoms with Crippen molar-refractivity contribution in [3.8, 4) is 0 Å². The summed E-state index contributed by atoms with van der Waals surface area (Å²) in [6, 6.07) is 2.38. The van der Waals surface area contributed by atoms with E-state index in [-0.39, 0.29) is 38.0 Å². The number of sulfonamides is 1. The summed E-state index contributed by atoms with van der Waals surface area (Å²) in [7, 11) is -4.05. The molecule has 0 saturated carbocycles. The lowest BCUT2D eigenvalue weighted by atomic mass is 10.1. The number of halogens is 2. The minimum absolute atomic E-state index is 0.0301. The molecule has 2 aliphatic heterocycles. The lowest BCUT2D eigenvalue weighted by Crippen LogP contribution is -2.52. The Hall–Kier alpha value is -1.58. The second-order valence-corrected chi connectivity index (χ2v) is 7.77. The zero-order chi connectivity index (χ0) is 17.3. The minimum atomic E-state index is -4.05. The molecular weight excluding hydrogens is 342 g/mol. The largest absolute Gasteiger partial charge is 0.381 e. The van der Waals surface area contributed by atoms with Crippen molar-refractivity contribution in [1.29, 1.82) is 0 Å². The van der Waals surface area contributed by atoms with Gasteiger partial charge in [-0.2, -0.15) is 4.31 Å². The molecule has 1 unspecified atom stereocenters. The Morgan fingerprint density at radius 2 is 1.88 bits per heavy atom. The van der Waals surface area contributed by atoms with E-state index in [1.165, 1.54) is 0 Å². The van der Waals surface area contributed by atoms with Crippen LogP contribution in [-0.2, 0) is 19.6 Å². The fourth-order valence-electron chi connectivity index (χ4n) is 2.96. The Balaban J connectivity index is 1.68. The summed E-state index contributed by atoms with van der Waals surface area (Å²) in [6.07, 6.45) is 0.679. The topological polar surface area (TPSA) is 66.9 Å². The van der Waals surface area contributed by atoms with Crippen molar-refractivity contribution >= 4 is 15.9 Å². The Labute approximate surface area is 139 Å². The Morgan fingerprint density at radius 3 is 2.46 bits per heavy atom. The SMILES string of the molecule is O=C(C1CCOC1)N1CCN(S(=O)(=O)c2ccc(F)cc2F)CC1. The van der Waals surface area contributed by atoms with Crippen LogP contribution in [0, 0.1) is 17.6 Å². The van der Waals surface area contributed by atoms with Crippen LogP contribution in [0.15, 0.2) is 23.1 Å². The van der Waals surface area contributed by atoms with Gasteiger partial charge in [-0.1, -0.05) is 0 Å². The van der Waals surface area contributed by atoms with Gasteiger partial charge in [0.1, 0.15) is 16.5 Å². The lowest BCUT2D eigenvalue weighted by molar-refractivity contribution is -0.136. The van der Waals surface area contributed by atoms with E-state index in [2.05, 4.69) is 0 Å². The maximum Gasteiger partial charge on any atom is 0.246 e. The molecule has 2 saturated heterocycles. The maximum absolute atomic E-state index is 13.8. The van der Waals surface area contributed by atoms with Crippen LogP contribution in [0.4, 0.5) is 8.78 Å². The number of piperazine rings is 1. The summed E-state index contributed by atoms with van der Waals surface area (Å²) in [6.45, 7) is 1.62. The maximum atomic E-state index is 13.8. The van der Waals surface area contributed by atoms with Crippen molar-refractivity contribution in [2.45, 2.75) is 11.3 Å². The zero-order valence-electron chi connectivity index (χ0n) is 13.0.